The summed E-state index contributed by atoms with van der Waals surface area (Å²) in [7, 11) is 0. The van der Waals surface area contributed by atoms with Gasteiger partial charge in [-0.15, -0.1) is 0 Å². The summed E-state index contributed by atoms with van der Waals surface area (Å²) in [6.45, 7) is 0. The summed E-state index contributed by atoms with van der Waals surface area (Å²) in [4.78, 5) is 0. The molecule has 0 unspecified atom stereocenters. The summed E-state index contributed by atoms with van der Waals surface area (Å²) in [6, 6.07) is 0. The fraction of sp³-hybridized carbons (Fsp3) is 0. The minimum absolute atomic E-state index is 0. The van der Waals surface area contributed by atoms with Gasteiger partial charge in [-0.3, -0.25) is 10.3 Å². The van der Waals surface area contributed by atoms with Crippen LogP contribution >= 0.6 is 0 Å². The van der Waals surface area contributed by atoms with E-state index < -0.39 is 20.1 Å². The van der Waals surface area contributed by atoms with E-state index in [0.717, 1.165) is 0 Å². The molecule has 0 aliphatic carbocycles. The average molecular weight is 209 g/mol. The molecule has 0 spiro atoms. The highest BCUT2D eigenvalue weighted by Gasteiger charge is 2.11. The SMILES string of the molecule is N.[O-][I+3]([O-])([O-])O. The molecule has 5 nitrogen and oxygen atoms in total. The van der Waals surface area contributed by atoms with Crippen molar-refractivity contribution in [2.75, 3.05) is 0 Å². The molecule has 0 radical (unpaired) electrons. The summed E-state index contributed by atoms with van der Waals surface area (Å²) in [5.41, 5.74) is 0. The van der Waals surface area contributed by atoms with E-state index in [1.165, 1.54) is 0 Å². The number of hydrogen-bond donors (Lipinski definition) is 2. The third-order valence-corrected chi connectivity index (χ3v) is 0. The molecule has 6 heteroatoms. The van der Waals surface area contributed by atoms with Gasteiger partial charge in [-0.1, -0.05) is 0 Å². The Balaban J connectivity index is 0. The van der Waals surface area contributed by atoms with Gasteiger partial charge in [0.25, 0.3) is 0 Å². The topological polar surface area (TPSA) is 124 Å². The van der Waals surface area contributed by atoms with E-state index in [-0.39, 0.29) is 6.15 Å². The predicted molar refractivity (Wildman–Crippen MR) is 7.24 cm³/mol. The molecule has 0 amide bonds. The molecular weight excluding hydrogens is 205 g/mol. The maximum absolute atomic E-state index is 8.73. The first-order valence-corrected chi connectivity index (χ1v) is 4.24. The fourth-order valence-electron chi connectivity index (χ4n) is 0. The van der Waals surface area contributed by atoms with Gasteiger partial charge in [-0.2, -0.15) is 0 Å². The number of halogens is 1. The molecular formula is H4INO4. The zero-order chi connectivity index (χ0) is 4.50. The third-order valence-electron chi connectivity index (χ3n) is 0. The van der Waals surface area contributed by atoms with Crippen molar-refractivity contribution in [3.8, 4) is 0 Å². The minimum Gasteiger partial charge on any atom is -0.344 e. The highest BCUT2D eigenvalue weighted by atomic mass is 127. The zero-order valence-electron chi connectivity index (χ0n) is 2.76. The second kappa shape index (κ2) is 2.66. The van der Waals surface area contributed by atoms with Crippen LogP contribution in [0.25, 0.3) is 0 Å². The Labute approximate surface area is 40.5 Å². The van der Waals surface area contributed by atoms with Crippen molar-refractivity contribution in [1.82, 2.24) is 6.15 Å². The summed E-state index contributed by atoms with van der Waals surface area (Å²) in [6.07, 6.45) is 0. The van der Waals surface area contributed by atoms with E-state index >= 15 is 0 Å². The lowest BCUT2D eigenvalue weighted by molar-refractivity contribution is -1.92. The van der Waals surface area contributed by atoms with Gasteiger partial charge in [-0.25, -0.2) is 0 Å². The van der Waals surface area contributed by atoms with Gasteiger partial charge < -0.3 is 6.15 Å². The van der Waals surface area contributed by atoms with Crippen LogP contribution in [0.4, 0.5) is 0 Å². The molecule has 0 aromatic rings. The first-order chi connectivity index (χ1) is 2.00. The number of hydrogen-bond acceptors (Lipinski definition) is 5. The summed E-state index contributed by atoms with van der Waals surface area (Å²) >= 11 is -5.69. The smallest absolute Gasteiger partial charge is 0.344 e. The van der Waals surface area contributed by atoms with Crippen LogP contribution in [0.1, 0.15) is 0 Å². The number of rotatable bonds is 0. The normalized spacial score (nSPS) is 10.0. The molecule has 0 aliphatic heterocycles. The average Bonchev–Trinajstić information content (AvgIpc) is 0.722. The minimum atomic E-state index is -5.69. The molecule has 6 heavy (non-hydrogen) atoms. The molecule has 0 rings (SSSR count). The monoisotopic (exact) mass is 209 g/mol. The molecule has 0 saturated heterocycles. The Morgan fingerprint density at radius 3 is 1.17 bits per heavy atom. The molecule has 0 atom stereocenters. The Kier molecular flexibility index (Phi) is 4.32. The first kappa shape index (κ1) is 9.73. The maximum atomic E-state index is 8.73. The maximum Gasteiger partial charge on any atom is 0.368 e. The van der Waals surface area contributed by atoms with Gasteiger partial charge in [0.05, 0.1) is 0 Å². The molecule has 0 fully saturated rings. The van der Waals surface area contributed by atoms with Gasteiger partial charge in [0.2, 0.25) is 0 Å². The van der Waals surface area contributed by atoms with Gasteiger partial charge in [0, 0.05) is 3.44 Å². The second-order valence-corrected chi connectivity index (χ2v) is 2.66. The van der Waals surface area contributed by atoms with Crippen LogP contribution in [-0.4, -0.2) is 3.44 Å². The highest BCUT2D eigenvalue weighted by molar-refractivity contribution is 2.15. The van der Waals surface area contributed by atoms with E-state index in [1.54, 1.807) is 0 Å². The molecule has 0 saturated carbocycles. The van der Waals surface area contributed by atoms with Crippen molar-refractivity contribution in [2.24, 2.45) is 0 Å². The highest BCUT2D eigenvalue weighted by Crippen LogP contribution is 0.389. The Hall–Kier alpha value is 0.530. The quantitative estimate of drug-likeness (QED) is 0.383. The van der Waals surface area contributed by atoms with Crippen LogP contribution in [-0.2, 0) is 0 Å². The second-order valence-electron chi connectivity index (χ2n) is 0.396. The molecule has 4 N–H and O–H groups in total. The standard InChI is InChI=1S/HIO4.H3N/c2-1(3,4)5;/h2H;1H3. The van der Waals surface area contributed by atoms with Crippen molar-refractivity contribution in [3.63, 3.8) is 0 Å². The lowest BCUT2D eigenvalue weighted by atomic mass is 14.0. The van der Waals surface area contributed by atoms with E-state index in [9.17, 15) is 0 Å². The van der Waals surface area contributed by atoms with Crippen molar-refractivity contribution in [2.45, 2.75) is 0 Å². The van der Waals surface area contributed by atoms with Gasteiger partial charge in [-0.05, 0) is 0 Å². The van der Waals surface area contributed by atoms with Gasteiger partial charge in [0.15, 0.2) is 0 Å². The molecule has 0 heterocycles. The van der Waals surface area contributed by atoms with Crippen molar-refractivity contribution >= 4 is 0 Å². The third kappa shape index (κ3) is 201. The van der Waals surface area contributed by atoms with Crippen molar-refractivity contribution in [3.05, 3.63) is 0 Å². The first-order valence-electron chi connectivity index (χ1n) is 0.632. The van der Waals surface area contributed by atoms with Gasteiger partial charge >= 0.3 is 20.1 Å². The van der Waals surface area contributed by atoms with Crippen LogP contribution in [0.2, 0.25) is 0 Å². The van der Waals surface area contributed by atoms with E-state index in [2.05, 4.69) is 0 Å². The Morgan fingerprint density at radius 2 is 1.17 bits per heavy atom. The largest absolute Gasteiger partial charge is 0.368 e. The summed E-state index contributed by atoms with van der Waals surface area (Å²) in [5.74, 6) is 0. The summed E-state index contributed by atoms with van der Waals surface area (Å²) in [5, 5.41) is 0. The van der Waals surface area contributed by atoms with Crippen LogP contribution in [0.5, 0.6) is 0 Å². The zero-order valence-corrected chi connectivity index (χ0v) is 4.91. The lowest BCUT2D eigenvalue weighted by Crippen LogP contribution is -4.23. The Morgan fingerprint density at radius 1 is 1.17 bits per heavy atom. The molecule has 0 aliphatic rings. The van der Waals surface area contributed by atoms with Crippen LogP contribution in [0, 0.1) is 0 Å². The molecule has 0 aromatic heterocycles. The molecule has 0 aromatic carbocycles. The summed E-state index contributed by atoms with van der Waals surface area (Å²) < 4.78 is 33.2. The predicted octanol–water partition coefficient (Wildman–Crippen LogP) is -6.96. The van der Waals surface area contributed by atoms with Crippen LogP contribution in [0.15, 0.2) is 0 Å². The Bertz CT molecular complexity index is 23.0. The molecule has 40 valence electrons. The van der Waals surface area contributed by atoms with E-state index in [0.29, 0.717) is 0 Å². The molecule has 0 bridgehead atoms. The lowest BCUT2D eigenvalue weighted by Gasteiger charge is -1.93. The van der Waals surface area contributed by atoms with Crippen molar-refractivity contribution < 1.29 is 33.8 Å². The van der Waals surface area contributed by atoms with E-state index in [1.807, 2.05) is 0 Å². The van der Waals surface area contributed by atoms with Crippen LogP contribution in [0.3, 0.4) is 0 Å². The van der Waals surface area contributed by atoms with Crippen molar-refractivity contribution in [1.29, 1.82) is 0 Å². The van der Waals surface area contributed by atoms with E-state index in [4.69, 9.17) is 13.7 Å². The fourth-order valence-corrected chi connectivity index (χ4v) is 0. The van der Waals surface area contributed by atoms with Gasteiger partial charge in [0.1, 0.15) is 0 Å². The van der Waals surface area contributed by atoms with Crippen LogP contribution < -0.4 is 36.6 Å².